The lowest BCUT2D eigenvalue weighted by Gasteiger charge is -2.34. The van der Waals surface area contributed by atoms with E-state index in [0.717, 1.165) is 55.6 Å². The molecular weight excluding hydrogens is 312 g/mol. The molecule has 2 aromatic rings. The normalized spacial score (nSPS) is 19.9. The molecule has 0 unspecified atom stereocenters. The fourth-order valence-electron chi connectivity index (χ4n) is 4.04. The van der Waals surface area contributed by atoms with Crippen LogP contribution in [0.1, 0.15) is 44.9 Å². The van der Waals surface area contributed by atoms with Gasteiger partial charge < -0.3 is 10.2 Å². The Morgan fingerprint density at radius 1 is 1.00 bits per heavy atom. The zero-order valence-electron chi connectivity index (χ0n) is 14.7. The molecule has 0 radical (unpaired) electrons. The largest absolute Gasteiger partial charge is 0.355 e. The summed E-state index contributed by atoms with van der Waals surface area (Å²) in [5.41, 5.74) is 1.87. The zero-order valence-corrected chi connectivity index (χ0v) is 14.7. The van der Waals surface area contributed by atoms with Crippen molar-refractivity contribution < 1.29 is 4.79 Å². The molecule has 2 heterocycles. The van der Waals surface area contributed by atoms with Crippen LogP contribution in [-0.2, 0) is 4.79 Å². The molecular formula is C20H26N4O. The molecule has 25 heavy (non-hydrogen) atoms. The first-order valence-electron chi connectivity index (χ1n) is 9.57. The molecule has 1 amide bonds. The van der Waals surface area contributed by atoms with E-state index in [4.69, 9.17) is 4.98 Å². The molecule has 1 aliphatic heterocycles. The molecule has 132 valence electrons. The summed E-state index contributed by atoms with van der Waals surface area (Å²) in [6.07, 6.45) is 9.65. The highest BCUT2D eigenvalue weighted by Crippen LogP contribution is 2.25. The van der Waals surface area contributed by atoms with E-state index in [1.165, 1.54) is 19.3 Å². The van der Waals surface area contributed by atoms with Gasteiger partial charge in [0.15, 0.2) is 0 Å². The molecule has 1 aliphatic carbocycles. The zero-order chi connectivity index (χ0) is 17.1. The second-order valence-corrected chi connectivity index (χ2v) is 7.32. The van der Waals surface area contributed by atoms with Crippen LogP contribution in [0, 0.1) is 5.92 Å². The highest BCUT2D eigenvalue weighted by atomic mass is 16.1. The molecule has 0 bridgehead atoms. The molecule has 0 spiro atoms. The molecule has 5 nitrogen and oxygen atoms in total. The Labute approximate surface area is 148 Å². The van der Waals surface area contributed by atoms with Crippen LogP contribution in [0.2, 0.25) is 0 Å². The maximum absolute atomic E-state index is 12.4. The molecule has 4 rings (SSSR count). The van der Waals surface area contributed by atoms with Crippen LogP contribution in [0.3, 0.4) is 0 Å². The number of nitrogens with zero attached hydrogens (tertiary/aromatic N) is 3. The summed E-state index contributed by atoms with van der Waals surface area (Å²) in [4.78, 5) is 23.9. The van der Waals surface area contributed by atoms with Gasteiger partial charge in [-0.2, -0.15) is 0 Å². The Balaban J connectivity index is 1.33. The average Bonchev–Trinajstić information content (AvgIpc) is 2.69. The Bertz CT molecular complexity index is 733. The van der Waals surface area contributed by atoms with Crippen molar-refractivity contribution in [2.45, 2.75) is 51.0 Å². The predicted octanol–water partition coefficient (Wildman–Crippen LogP) is 3.30. The van der Waals surface area contributed by atoms with E-state index in [1.807, 2.05) is 30.5 Å². The van der Waals surface area contributed by atoms with Gasteiger partial charge in [0, 0.05) is 25.0 Å². The number of benzene rings is 1. The van der Waals surface area contributed by atoms with E-state index in [0.29, 0.717) is 6.04 Å². The van der Waals surface area contributed by atoms with Crippen molar-refractivity contribution in [3.05, 3.63) is 30.5 Å². The lowest BCUT2D eigenvalue weighted by molar-refractivity contribution is -0.126. The van der Waals surface area contributed by atoms with Gasteiger partial charge in [-0.25, -0.2) is 4.98 Å². The Morgan fingerprint density at radius 2 is 1.72 bits per heavy atom. The number of para-hydroxylation sites is 2. The first-order valence-corrected chi connectivity index (χ1v) is 9.57. The molecule has 1 N–H and O–H groups in total. The van der Waals surface area contributed by atoms with Crippen LogP contribution < -0.4 is 10.2 Å². The third kappa shape index (κ3) is 3.75. The van der Waals surface area contributed by atoms with E-state index in [-0.39, 0.29) is 11.8 Å². The number of carbonyl (C=O) groups is 1. The van der Waals surface area contributed by atoms with Crippen molar-refractivity contribution in [1.82, 2.24) is 15.3 Å². The lowest BCUT2D eigenvalue weighted by Crippen LogP contribution is -2.46. The highest BCUT2D eigenvalue weighted by Gasteiger charge is 2.26. The first kappa shape index (κ1) is 16.3. The van der Waals surface area contributed by atoms with Gasteiger partial charge in [-0.1, -0.05) is 31.4 Å². The molecule has 2 aliphatic rings. The van der Waals surface area contributed by atoms with E-state index >= 15 is 0 Å². The number of piperidine rings is 1. The van der Waals surface area contributed by atoms with Crippen molar-refractivity contribution in [2.24, 2.45) is 5.92 Å². The van der Waals surface area contributed by atoms with Crippen LogP contribution in [-0.4, -0.2) is 35.0 Å². The third-order valence-corrected chi connectivity index (χ3v) is 5.58. The Hall–Kier alpha value is -2.17. The van der Waals surface area contributed by atoms with Gasteiger partial charge in [-0.15, -0.1) is 0 Å². The quantitative estimate of drug-likeness (QED) is 0.933. The summed E-state index contributed by atoms with van der Waals surface area (Å²) >= 11 is 0. The average molecular weight is 338 g/mol. The fourth-order valence-corrected chi connectivity index (χ4v) is 4.04. The molecule has 5 heteroatoms. The number of rotatable bonds is 3. The van der Waals surface area contributed by atoms with Gasteiger partial charge in [-0.05, 0) is 37.8 Å². The summed E-state index contributed by atoms with van der Waals surface area (Å²) in [6, 6.07) is 8.27. The minimum absolute atomic E-state index is 0.248. The first-order chi connectivity index (χ1) is 12.3. The summed E-state index contributed by atoms with van der Waals surface area (Å²) in [7, 11) is 0. The van der Waals surface area contributed by atoms with Gasteiger partial charge in [0.25, 0.3) is 0 Å². The highest BCUT2D eigenvalue weighted by molar-refractivity contribution is 5.79. The molecule has 1 aromatic carbocycles. The van der Waals surface area contributed by atoms with Gasteiger partial charge in [0.2, 0.25) is 5.91 Å². The van der Waals surface area contributed by atoms with E-state index < -0.39 is 0 Å². The van der Waals surface area contributed by atoms with Crippen molar-refractivity contribution >= 4 is 22.8 Å². The van der Waals surface area contributed by atoms with Crippen molar-refractivity contribution in [3.8, 4) is 0 Å². The van der Waals surface area contributed by atoms with E-state index in [2.05, 4.69) is 15.2 Å². The SMILES string of the molecule is O=C(NC1CCN(c2cnc3ccccc3n2)CC1)C1CCCCC1. The van der Waals surface area contributed by atoms with Gasteiger partial charge in [-0.3, -0.25) is 9.78 Å². The minimum Gasteiger partial charge on any atom is -0.355 e. The number of hydrogen-bond acceptors (Lipinski definition) is 4. The van der Waals surface area contributed by atoms with Crippen molar-refractivity contribution in [2.75, 3.05) is 18.0 Å². The van der Waals surface area contributed by atoms with E-state index in [1.54, 1.807) is 0 Å². The second kappa shape index (κ2) is 7.38. The predicted molar refractivity (Wildman–Crippen MR) is 99.5 cm³/mol. The molecule has 1 saturated carbocycles. The minimum atomic E-state index is 0.248. The number of anilines is 1. The summed E-state index contributed by atoms with van der Waals surface area (Å²) < 4.78 is 0. The molecule has 1 aromatic heterocycles. The molecule has 1 saturated heterocycles. The summed E-state index contributed by atoms with van der Waals surface area (Å²) in [5, 5.41) is 3.29. The maximum Gasteiger partial charge on any atom is 0.223 e. The summed E-state index contributed by atoms with van der Waals surface area (Å²) in [5.74, 6) is 1.47. The number of nitrogens with one attached hydrogen (secondary N) is 1. The second-order valence-electron chi connectivity index (χ2n) is 7.32. The van der Waals surface area contributed by atoms with Crippen LogP contribution in [0.25, 0.3) is 11.0 Å². The molecule has 0 atom stereocenters. The monoisotopic (exact) mass is 338 g/mol. The van der Waals surface area contributed by atoms with Gasteiger partial charge in [0.1, 0.15) is 5.82 Å². The summed E-state index contributed by atoms with van der Waals surface area (Å²) in [6.45, 7) is 1.84. The lowest BCUT2D eigenvalue weighted by atomic mass is 9.88. The van der Waals surface area contributed by atoms with Crippen LogP contribution >= 0.6 is 0 Å². The maximum atomic E-state index is 12.4. The smallest absolute Gasteiger partial charge is 0.223 e. The van der Waals surface area contributed by atoms with Gasteiger partial charge in [0.05, 0.1) is 17.2 Å². The molecule has 2 fully saturated rings. The Morgan fingerprint density at radius 3 is 2.48 bits per heavy atom. The van der Waals surface area contributed by atoms with Crippen LogP contribution in [0.5, 0.6) is 0 Å². The number of aromatic nitrogens is 2. The van der Waals surface area contributed by atoms with Crippen molar-refractivity contribution in [3.63, 3.8) is 0 Å². The third-order valence-electron chi connectivity index (χ3n) is 5.58. The fraction of sp³-hybridized carbons (Fsp3) is 0.550. The Kier molecular flexibility index (Phi) is 4.81. The van der Waals surface area contributed by atoms with Gasteiger partial charge >= 0.3 is 0 Å². The number of carbonyl (C=O) groups excluding carboxylic acids is 1. The van der Waals surface area contributed by atoms with Crippen LogP contribution in [0.15, 0.2) is 30.5 Å². The van der Waals surface area contributed by atoms with Crippen molar-refractivity contribution in [1.29, 1.82) is 0 Å². The number of amides is 1. The number of hydrogen-bond donors (Lipinski definition) is 1. The standard InChI is InChI=1S/C20H26N4O/c25-20(15-6-2-1-3-7-15)22-16-10-12-24(13-11-16)19-14-21-17-8-4-5-9-18(17)23-19/h4-5,8-9,14-16H,1-3,6-7,10-13H2,(H,22,25). The topological polar surface area (TPSA) is 58.1 Å². The number of fused-ring (bicyclic) bond motifs is 1. The van der Waals surface area contributed by atoms with E-state index in [9.17, 15) is 4.79 Å². The van der Waals surface area contributed by atoms with Crippen LogP contribution in [0.4, 0.5) is 5.82 Å².